The first-order valence-corrected chi connectivity index (χ1v) is 8.33. The van der Waals surface area contributed by atoms with Crippen LogP contribution in [0.3, 0.4) is 0 Å². The van der Waals surface area contributed by atoms with Crippen LogP contribution in [0, 0.1) is 11.3 Å². The number of aromatic nitrogens is 3. The summed E-state index contributed by atoms with van der Waals surface area (Å²) in [6, 6.07) is 7.77. The van der Waals surface area contributed by atoms with Gasteiger partial charge in [0.15, 0.2) is 5.65 Å². The monoisotopic (exact) mass is 303 g/mol. The van der Waals surface area contributed by atoms with Crippen molar-refractivity contribution < 1.29 is 0 Å². The topological polar surface area (TPSA) is 57.7 Å². The molecule has 0 aliphatic carbocycles. The molecule has 0 N–H and O–H groups in total. The van der Waals surface area contributed by atoms with E-state index in [1.807, 2.05) is 18.2 Å². The van der Waals surface area contributed by atoms with Crippen LogP contribution in [0.25, 0.3) is 22.2 Å². The van der Waals surface area contributed by atoms with Gasteiger partial charge in [0.2, 0.25) is 0 Å². The van der Waals surface area contributed by atoms with Gasteiger partial charge in [-0.1, -0.05) is 0 Å². The third kappa shape index (κ3) is 1.78. The molecule has 0 saturated carbocycles. The van der Waals surface area contributed by atoms with E-state index in [9.17, 15) is 0 Å². The van der Waals surface area contributed by atoms with Crippen molar-refractivity contribution in [1.82, 2.24) is 14.5 Å². The molecule has 0 unspecified atom stereocenters. The molecule has 2 aromatic heterocycles. The molecule has 0 spiro atoms. The van der Waals surface area contributed by atoms with Crippen molar-refractivity contribution in [3.05, 3.63) is 29.3 Å². The Hall–Kier alpha value is -2.61. The highest BCUT2D eigenvalue weighted by atomic mass is 15.3. The summed E-state index contributed by atoms with van der Waals surface area (Å²) in [5.41, 5.74) is 5.75. The quantitative estimate of drug-likeness (QED) is 0.640. The molecule has 0 fully saturated rings. The predicted molar refractivity (Wildman–Crippen MR) is 89.5 cm³/mol. The van der Waals surface area contributed by atoms with Gasteiger partial charge in [-0.05, 0) is 43.9 Å². The molecule has 0 saturated heterocycles. The summed E-state index contributed by atoms with van der Waals surface area (Å²) in [5.74, 6) is 1.35. The first kappa shape index (κ1) is 12.9. The molecule has 2 aliphatic rings. The molecule has 114 valence electrons. The van der Waals surface area contributed by atoms with Crippen LogP contribution in [0.5, 0.6) is 0 Å². The molecule has 1 aromatic carbocycles. The second-order valence-electron chi connectivity index (χ2n) is 6.46. The molecule has 0 amide bonds. The van der Waals surface area contributed by atoms with Gasteiger partial charge in [-0.15, -0.1) is 0 Å². The zero-order valence-corrected chi connectivity index (χ0v) is 12.9. The second-order valence-corrected chi connectivity index (χ2v) is 6.46. The molecule has 0 radical (unpaired) electrons. The number of hydrogen-bond donors (Lipinski definition) is 0. The van der Waals surface area contributed by atoms with Gasteiger partial charge in [0.1, 0.15) is 11.3 Å². The van der Waals surface area contributed by atoms with E-state index in [4.69, 9.17) is 15.2 Å². The van der Waals surface area contributed by atoms with Crippen LogP contribution in [0.4, 0.5) is 5.82 Å². The standard InChI is InChI=1S/C18H17N5/c19-11-12-5-6-14-15(10-12)20-16-13-4-1-2-7-22-8-3-9-23(18(13)22)17(16)21-14/h5-6,10H,1-4,7-9H2. The number of benzene rings is 1. The van der Waals surface area contributed by atoms with E-state index in [-0.39, 0.29) is 0 Å². The number of anilines is 1. The van der Waals surface area contributed by atoms with Crippen LogP contribution in [-0.2, 0) is 13.0 Å². The average Bonchev–Trinajstić information content (AvgIpc) is 2.75. The highest BCUT2D eigenvalue weighted by Crippen LogP contribution is 2.37. The van der Waals surface area contributed by atoms with Crippen molar-refractivity contribution in [2.75, 3.05) is 18.0 Å². The number of nitrogens with zero attached hydrogens (tertiary/aromatic N) is 5. The van der Waals surface area contributed by atoms with Crippen molar-refractivity contribution in [2.24, 2.45) is 0 Å². The Morgan fingerprint density at radius 3 is 2.83 bits per heavy atom. The lowest BCUT2D eigenvalue weighted by atomic mass is 10.1. The predicted octanol–water partition coefficient (Wildman–Crippen LogP) is 3.00. The fourth-order valence-electron chi connectivity index (χ4n) is 4.03. The lowest BCUT2D eigenvalue weighted by molar-refractivity contribution is 0.568. The molecule has 5 heteroatoms. The molecule has 5 nitrogen and oxygen atoms in total. The normalized spacial score (nSPS) is 17.1. The Bertz CT molecular complexity index is 979. The second kappa shape index (κ2) is 4.69. The summed E-state index contributed by atoms with van der Waals surface area (Å²) >= 11 is 0. The molecule has 0 atom stereocenters. The molecule has 23 heavy (non-hydrogen) atoms. The number of fused-ring (bicyclic) bond motifs is 4. The van der Waals surface area contributed by atoms with Gasteiger partial charge in [0.25, 0.3) is 0 Å². The number of hydrogen-bond acceptors (Lipinski definition) is 4. The van der Waals surface area contributed by atoms with E-state index in [0.29, 0.717) is 5.56 Å². The molecular weight excluding hydrogens is 286 g/mol. The Morgan fingerprint density at radius 1 is 1.00 bits per heavy atom. The molecule has 3 aromatic rings. The molecule has 2 aliphatic heterocycles. The average molecular weight is 303 g/mol. The van der Waals surface area contributed by atoms with Gasteiger partial charge in [-0.3, -0.25) is 0 Å². The molecule has 5 rings (SSSR count). The highest BCUT2D eigenvalue weighted by molar-refractivity contribution is 5.91. The fraction of sp³-hybridized carbons (Fsp3) is 0.389. The maximum absolute atomic E-state index is 9.12. The Labute approximate surface area is 134 Å². The van der Waals surface area contributed by atoms with Crippen molar-refractivity contribution in [3.8, 4) is 6.07 Å². The van der Waals surface area contributed by atoms with Crippen molar-refractivity contribution in [1.29, 1.82) is 5.26 Å². The van der Waals surface area contributed by atoms with Gasteiger partial charge in [-0.2, -0.15) is 5.26 Å². The maximum Gasteiger partial charge on any atom is 0.161 e. The van der Waals surface area contributed by atoms with E-state index in [1.165, 1.54) is 30.6 Å². The number of aryl methyl sites for hydroxylation is 2. The van der Waals surface area contributed by atoms with Crippen LogP contribution < -0.4 is 4.90 Å². The summed E-state index contributed by atoms with van der Waals surface area (Å²) in [6.07, 6.45) is 4.70. The molecule has 4 heterocycles. The van der Waals surface area contributed by atoms with Crippen molar-refractivity contribution >= 4 is 28.0 Å². The SMILES string of the molecule is N#Cc1ccc2nc3c(nc2c1)c1c2n3CCCN2CCCC1. The van der Waals surface area contributed by atoms with E-state index >= 15 is 0 Å². The molecular formula is C18H17N5. The summed E-state index contributed by atoms with van der Waals surface area (Å²) in [7, 11) is 0. The van der Waals surface area contributed by atoms with Crippen LogP contribution >= 0.6 is 0 Å². The van der Waals surface area contributed by atoms with E-state index in [1.54, 1.807) is 0 Å². The smallest absolute Gasteiger partial charge is 0.161 e. The highest BCUT2D eigenvalue weighted by Gasteiger charge is 2.28. The van der Waals surface area contributed by atoms with Gasteiger partial charge < -0.3 is 9.47 Å². The first-order valence-electron chi connectivity index (χ1n) is 8.33. The van der Waals surface area contributed by atoms with Gasteiger partial charge in [0, 0.05) is 25.2 Å². The Kier molecular flexibility index (Phi) is 2.63. The largest absolute Gasteiger partial charge is 0.358 e. The van der Waals surface area contributed by atoms with Crippen LogP contribution in [0.2, 0.25) is 0 Å². The zero-order valence-electron chi connectivity index (χ0n) is 12.9. The minimum atomic E-state index is 0.641. The Balaban J connectivity index is 1.87. The van der Waals surface area contributed by atoms with E-state index in [2.05, 4.69) is 15.5 Å². The summed E-state index contributed by atoms with van der Waals surface area (Å²) in [6.45, 7) is 3.31. The summed E-state index contributed by atoms with van der Waals surface area (Å²) in [5, 5.41) is 9.12. The van der Waals surface area contributed by atoms with Gasteiger partial charge in [0.05, 0.1) is 22.7 Å². The van der Waals surface area contributed by atoms with Gasteiger partial charge in [-0.25, -0.2) is 9.97 Å². The van der Waals surface area contributed by atoms with Gasteiger partial charge >= 0.3 is 0 Å². The van der Waals surface area contributed by atoms with Crippen LogP contribution in [-0.4, -0.2) is 27.6 Å². The fourth-order valence-corrected chi connectivity index (χ4v) is 4.03. The number of rotatable bonds is 0. The minimum absolute atomic E-state index is 0.641. The van der Waals surface area contributed by atoms with E-state index in [0.717, 1.165) is 48.3 Å². The van der Waals surface area contributed by atoms with Crippen LogP contribution in [0.1, 0.15) is 30.4 Å². The van der Waals surface area contributed by atoms with Crippen molar-refractivity contribution in [3.63, 3.8) is 0 Å². The Morgan fingerprint density at radius 2 is 1.91 bits per heavy atom. The van der Waals surface area contributed by atoms with Crippen LogP contribution in [0.15, 0.2) is 18.2 Å². The summed E-state index contributed by atoms with van der Waals surface area (Å²) in [4.78, 5) is 12.3. The van der Waals surface area contributed by atoms with E-state index < -0.39 is 0 Å². The van der Waals surface area contributed by atoms with Crippen molar-refractivity contribution in [2.45, 2.75) is 32.2 Å². The molecule has 0 bridgehead atoms. The lowest BCUT2D eigenvalue weighted by Crippen LogP contribution is -2.32. The first-order chi connectivity index (χ1) is 11.3. The third-order valence-electron chi connectivity index (χ3n) is 5.06. The zero-order chi connectivity index (χ0) is 15.4. The summed E-state index contributed by atoms with van der Waals surface area (Å²) < 4.78 is 2.37. The number of nitriles is 1. The lowest BCUT2D eigenvalue weighted by Gasteiger charge is -2.30. The minimum Gasteiger partial charge on any atom is -0.358 e. The maximum atomic E-state index is 9.12. The third-order valence-corrected chi connectivity index (χ3v) is 5.06.